The summed E-state index contributed by atoms with van der Waals surface area (Å²) in [5.74, 6) is -1.28. The maximum atomic E-state index is 14.3. The van der Waals surface area contributed by atoms with E-state index in [4.69, 9.17) is 23.1 Å². The maximum Gasteiger partial charge on any atom is 0.424 e. The number of amides is 2. The predicted molar refractivity (Wildman–Crippen MR) is 133 cm³/mol. The number of benzene rings is 1. The maximum absolute atomic E-state index is 14.3. The number of pyridine rings is 1. The van der Waals surface area contributed by atoms with Crippen molar-refractivity contribution in [3.63, 3.8) is 0 Å². The van der Waals surface area contributed by atoms with Crippen LogP contribution in [0.5, 0.6) is 11.5 Å². The number of hydrogen-bond donors (Lipinski definition) is 3. The molecule has 1 fully saturated rings. The van der Waals surface area contributed by atoms with Gasteiger partial charge in [0.25, 0.3) is 5.91 Å². The molecule has 2 radical (unpaired) electrons. The molecule has 1 aliphatic carbocycles. The molecule has 0 saturated heterocycles. The number of alkyl halides is 3. The van der Waals surface area contributed by atoms with E-state index in [1.807, 2.05) is 0 Å². The Labute approximate surface area is 222 Å². The molecule has 0 bridgehead atoms. The predicted octanol–water partition coefficient (Wildman–Crippen LogP) is 1.27. The Kier molecular flexibility index (Phi) is 6.28. The summed E-state index contributed by atoms with van der Waals surface area (Å²) >= 11 is 0. The molecule has 2 amide bonds. The molecule has 5 rings (SSSR count). The molecule has 2 atom stereocenters. The highest BCUT2D eigenvalue weighted by atomic mass is 19.4. The van der Waals surface area contributed by atoms with Crippen molar-refractivity contribution >= 4 is 36.2 Å². The quantitative estimate of drug-likeness (QED) is 0.364. The van der Waals surface area contributed by atoms with Gasteiger partial charge in [-0.15, -0.1) is 0 Å². The third kappa shape index (κ3) is 4.66. The number of primary amides is 1. The first-order valence-corrected chi connectivity index (χ1v) is 12.1. The van der Waals surface area contributed by atoms with Crippen LogP contribution >= 0.6 is 0 Å². The Morgan fingerprint density at radius 1 is 1.33 bits per heavy atom. The minimum absolute atomic E-state index is 0.0167. The molecule has 4 N–H and O–H groups in total. The van der Waals surface area contributed by atoms with Crippen LogP contribution in [-0.2, 0) is 15.8 Å². The second-order valence-electron chi connectivity index (χ2n) is 10.3. The first-order valence-electron chi connectivity index (χ1n) is 12.1. The second kappa shape index (κ2) is 9.14. The van der Waals surface area contributed by atoms with Crippen LogP contribution in [-0.4, -0.2) is 66.0 Å². The molecular formula is C25H25BF3N5O5. The van der Waals surface area contributed by atoms with E-state index in [9.17, 15) is 27.9 Å². The molecule has 2 aliphatic rings. The minimum Gasteiger partial charge on any atom is -0.494 e. The largest absolute Gasteiger partial charge is 0.494 e. The Morgan fingerprint density at radius 2 is 2.05 bits per heavy atom. The van der Waals surface area contributed by atoms with Crippen molar-refractivity contribution in [2.45, 2.75) is 49.4 Å². The summed E-state index contributed by atoms with van der Waals surface area (Å²) in [4.78, 5) is 28.4. The molecule has 3 heterocycles. The smallest absolute Gasteiger partial charge is 0.424 e. The first-order chi connectivity index (χ1) is 18.3. The van der Waals surface area contributed by atoms with Gasteiger partial charge in [-0.3, -0.25) is 19.3 Å². The monoisotopic (exact) mass is 543 g/mol. The average molecular weight is 543 g/mol. The number of nitrogens with one attached hydrogen (secondary N) is 1. The summed E-state index contributed by atoms with van der Waals surface area (Å²) in [7, 11) is 7.28. The summed E-state index contributed by atoms with van der Waals surface area (Å²) in [6.45, 7) is 0.245. The number of fused-ring (bicyclic) bond motifs is 2. The number of methoxy groups -OCH3 is 1. The fourth-order valence-corrected chi connectivity index (χ4v) is 4.79. The number of nitrogens with zero attached hydrogens (tertiary/aromatic N) is 3. The minimum atomic E-state index is -5.26. The van der Waals surface area contributed by atoms with Gasteiger partial charge >= 0.3 is 6.18 Å². The van der Waals surface area contributed by atoms with Crippen molar-refractivity contribution in [2.75, 3.05) is 20.3 Å². The number of aromatic nitrogens is 3. The first kappa shape index (κ1) is 26.8. The zero-order valence-corrected chi connectivity index (χ0v) is 21.1. The van der Waals surface area contributed by atoms with Crippen LogP contribution in [0.25, 0.3) is 10.9 Å². The molecule has 39 heavy (non-hydrogen) atoms. The third-order valence-corrected chi connectivity index (χ3v) is 7.14. The van der Waals surface area contributed by atoms with E-state index in [2.05, 4.69) is 15.4 Å². The van der Waals surface area contributed by atoms with Crippen molar-refractivity contribution in [1.82, 2.24) is 20.1 Å². The normalized spacial score (nSPS) is 20.3. The lowest BCUT2D eigenvalue weighted by molar-refractivity contribution is -0.265. The van der Waals surface area contributed by atoms with Gasteiger partial charge in [0.2, 0.25) is 11.5 Å². The number of carbonyl (C=O) groups is 2. The highest BCUT2D eigenvalue weighted by molar-refractivity contribution is 6.32. The van der Waals surface area contributed by atoms with Crippen molar-refractivity contribution in [3.8, 4) is 11.5 Å². The number of nitrogens with two attached hydrogens (primary N) is 1. The van der Waals surface area contributed by atoms with Gasteiger partial charge < -0.3 is 25.6 Å². The SMILES string of the molecule is [B]c1nc(C(O)(CNC(=O)c2cc(OC)c3nn(C4CC4)cc3c2)C(F)(F)F)cc2c1OC[C@]2(C)CC(N)=O. The number of carbonyl (C=O) groups excluding carboxylic acids is 2. The molecule has 2 aromatic heterocycles. The average Bonchev–Trinajstić information content (AvgIpc) is 3.54. The summed E-state index contributed by atoms with van der Waals surface area (Å²) in [6.07, 6.45) is -1.78. The van der Waals surface area contributed by atoms with Gasteiger partial charge in [0.1, 0.15) is 24.9 Å². The van der Waals surface area contributed by atoms with Crippen LogP contribution in [0.2, 0.25) is 0 Å². The van der Waals surface area contributed by atoms with Crippen LogP contribution in [0, 0.1) is 0 Å². The van der Waals surface area contributed by atoms with Gasteiger partial charge in [-0.25, -0.2) is 0 Å². The summed E-state index contributed by atoms with van der Waals surface area (Å²) in [6, 6.07) is 4.11. The van der Waals surface area contributed by atoms with Gasteiger partial charge in [-0.2, -0.15) is 18.3 Å². The lowest BCUT2D eigenvalue weighted by atomic mass is 9.79. The lowest BCUT2D eigenvalue weighted by Crippen LogP contribution is -2.52. The number of halogens is 3. The third-order valence-electron chi connectivity index (χ3n) is 7.14. The van der Waals surface area contributed by atoms with Gasteiger partial charge in [0.05, 0.1) is 32.0 Å². The lowest BCUT2D eigenvalue weighted by Gasteiger charge is -2.31. The zero-order valence-electron chi connectivity index (χ0n) is 21.1. The van der Waals surface area contributed by atoms with Gasteiger partial charge in [-0.05, 0) is 31.0 Å². The van der Waals surface area contributed by atoms with Gasteiger partial charge in [-0.1, -0.05) is 6.92 Å². The van der Waals surface area contributed by atoms with Crippen LogP contribution in [0.3, 0.4) is 0 Å². The van der Waals surface area contributed by atoms with Crippen molar-refractivity contribution in [3.05, 3.63) is 41.2 Å². The molecular weight excluding hydrogens is 518 g/mol. The van der Waals surface area contributed by atoms with Crippen LogP contribution < -0.4 is 26.1 Å². The molecule has 3 aromatic rings. The van der Waals surface area contributed by atoms with Crippen molar-refractivity contribution < 1.29 is 37.3 Å². The molecule has 1 saturated carbocycles. The topological polar surface area (TPSA) is 142 Å². The number of rotatable bonds is 8. The molecule has 14 heteroatoms. The number of hydrogen-bond acceptors (Lipinski definition) is 7. The number of aliphatic hydroxyl groups is 1. The standard InChI is InChI=1S/C25H25BF3N5O5/c1-23(8-18(30)35)11-39-20-15(23)7-17(32-21(20)26)24(37,25(27,28)29)10-31-22(36)12-5-13-9-34(14-3-4-14)33-19(13)16(6-12)38-2/h5-7,9,14,37H,3-4,8,10-11H2,1-2H3,(H2,30,35)(H,31,36)/t23-,24?/m0/s1. The Hall–Kier alpha value is -3.81. The fraction of sp³-hybridized carbons (Fsp3) is 0.440. The zero-order chi connectivity index (χ0) is 28.3. The Balaban J connectivity index is 1.46. The summed E-state index contributed by atoms with van der Waals surface area (Å²) < 4.78 is 55.6. The molecule has 0 spiro atoms. The van der Waals surface area contributed by atoms with Crippen molar-refractivity contribution in [2.24, 2.45) is 5.73 Å². The van der Waals surface area contributed by atoms with Gasteiger partial charge in [0, 0.05) is 40.1 Å². The molecule has 1 aliphatic heterocycles. The number of ether oxygens (including phenoxy) is 2. The second-order valence-corrected chi connectivity index (χ2v) is 10.3. The molecule has 1 aromatic carbocycles. The van der Waals surface area contributed by atoms with E-state index in [-0.39, 0.29) is 41.7 Å². The van der Waals surface area contributed by atoms with E-state index in [0.717, 1.165) is 18.9 Å². The molecule has 204 valence electrons. The van der Waals surface area contributed by atoms with E-state index in [1.165, 1.54) is 19.2 Å². The Morgan fingerprint density at radius 3 is 2.67 bits per heavy atom. The van der Waals surface area contributed by atoms with E-state index in [0.29, 0.717) is 10.9 Å². The fourth-order valence-electron chi connectivity index (χ4n) is 4.79. The summed E-state index contributed by atoms with van der Waals surface area (Å²) in [5, 5.41) is 18.2. The van der Waals surface area contributed by atoms with Crippen molar-refractivity contribution in [1.29, 1.82) is 0 Å². The highest BCUT2D eigenvalue weighted by Crippen LogP contribution is 2.44. The molecule has 10 nitrogen and oxygen atoms in total. The Bertz CT molecular complexity index is 1490. The summed E-state index contributed by atoms with van der Waals surface area (Å²) in [5.41, 5.74) is 0.0617. The van der Waals surface area contributed by atoms with Crippen LogP contribution in [0.4, 0.5) is 13.2 Å². The van der Waals surface area contributed by atoms with E-state index >= 15 is 0 Å². The molecule has 1 unspecified atom stereocenters. The van der Waals surface area contributed by atoms with E-state index < -0.39 is 46.8 Å². The van der Waals surface area contributed by atoms with E-state index in [1.54, 1.807) is 17.8 Å². The van der Waals surface area contributed by atoms with Crippen LogP contribution in [0.1, 0.15) is 53.8 Å². The highest BCUT2D eigenvalue weighted by Gasteiger charge is 2.57. The van der Waals surface area contributed by atoms with Gasteiger partial charge in [0.15, 0.2) is 0 Å². The van der Waals surface area contributed by atoms with Crippen LogP contribution in [0.15, 0.2) is 24.4 Å².